The van der Waals surface area contributed by atoms with Gasteiger partial charge < -0.3 is 5.32 Å². The second-order valence-electron chi connectivity index (χ2n) is 11.7. The number of H-pyrrole nitrogens is 1. The van der Waals surface area contributed by atoms with Crippen molar-refractivity contribution in [3.05, 3.63) is 65.4 Å². The molecule has 0 radical (unpaired) electrons. The van der Waals surface area contributed by atoms with Crippen molar-refractivity contribution in [1.29, 1.82) is 0 Å². The van der Waals surface area contributed by atoms with Gasteiger partial charge in [-0.1, -0.05) is 40.0 Å². The highest BCUT2D eigenvalue weighted by Gasteiger charge is 2.60. The Labute approximate surface area is 221 Å². The number of benzene rings is 2. The van der Waals surface area contributed by atoms with E-state index in [2.05, 4.69) is 25.9 Å². The third-order valence-corrected chi connectivity index (χ3v) is 8.24. The Hall–Kier alpha value is -3.82. The van der Waals surface area contributed by atoms with E-state index in [4.69, 9.17) is 5.10 Å². The number of quaternary nitrogens is 1. The number of hydrogen-bond donors (Lipinski definition) is 2. The molecule has 6 rings (SSSR count). The lowest BCUT2D eigenvalue weighted by molar-refractivity contribution is -0.860. The number of carbonyl (C=O) groups excluding carboxylic acids is 2. The molecule has 9 heteroatoms. The van der Waals surface area contributed by atoms with Crippen LogP contribution in [0.25, 0.3) is 22.5 Å². The molecule has 2 aliphatic heterocycles. The van der Waals surface area contributed by atoms with E-state index >= 15 is 0 Å². The van der Waals surface area contributed by atoms with Gasteiger partial charge in [0, 0.05) is 17.6 Å². The lowest BCUT2D eigenvalue weighted by Gasteiger charge is -2.43. The highest BCUT2D eigenvalue weighted by Crippen LogP contribution is 2.50. The Morgan fingerprint density at radius 2 is 1.71 bits per heavy atom. The number of carbonyl (C=O) groups is 2. The molecular formula is C29H32N7O2+. The molecule has 194 valence electrons. The zero-order chi connectivity index (χ0) is 26.5. The first-order valence-corrected chi connectivity index (χ1v) is 13.1. The zero-order valence-electron chi connectivity index (χ0n) is 22.0. The van der Waals surface area contributed by atoms with Crippen LogP contribution in [0.1, 0.15) is 56.8 Å². The maximum atomic E-state index is 14.3. The summed E-state index contributed by atoms with van der Waals surface area (Å²) in [6.45, 7) is 7.81. The van der Waals surface area contributed by atoms with Crippen molar-refractivity contribution in [2.24, 2.45) is 10.5 Å². The van der Waals surface area contributed by atoms with Crippen LogP contribution in [0.4, 0.5) is 0 Å². The van der Waals surface area contributed by atoms with E-state index < -0.39 is 5.54 Å². The van der Waals surface area contributed by atoms with E-state index in [9.17, 15) is 9.59 Å². The molecule has 2 N–H and O–H groups in total. The first-order chi connectivity index (χ1) is 18.2. The summed E-state index contributed by atoms with van der Waals surface area (Å²) in [5.41, 5.74) is 4.15. The van der Waals surface area contributed by atoms with Crippen LogP contribution in [0.5, 0.6) is 0 Å². The summed E-state index contributed by atoms with van der Waals surface area (Å²) < 4.78 is -0.317. The minimum atomic E-state index is -0.628. The number of amides is 1. The monoisotopic (exact) mass is 510 g/mol. The lowest BCUT2D eigenvalue weighted by atomic mass is 9.67. The number of hydrogen-bond acceptors (Lipinski definition) is 7. The molecule has 2 aromatic carbocycles. The molecule has 1 amide bonds. The third kappa shape index (κ3) is 3.85. The Kier molecular flexibility index (Phi) is 5.73. The molecule has 1 fully saturated rings. The predicted octanol–water partition coefficient (Wildman–Crippen LogP) is 4.28. The van der Waals surface area contributed by atoms with Gasteiger partial charge in [-0.15, -0.1) is 10.2 Å². The van der Waals surface area contributed by atoms with Crippen molar-refractivity contribution < 1.29 is 14.2 Å². The van der Waals surface area contributed by atoms with Crippen LogP contribution in [-0.2, 0) is 4.79 Å². The highest BCUT2D eigenvalue weighted by molar-refractivity contribution is 6.06. The maximum Gasteiger partial charge on any atom is 0.377 e. The number of Topliss-reactive ketones (excluding diaryl/α,β-unsaturated/α-hetero) is 1. The minimum Gasteiger partial charge on any atom is -0.317 e. The van der Waals surface area contributed by atoms with E-state index in [1.807, 2.05) is 69.3 Å². The number of piperidine rings is 1. The van der Waals surface area contributed by atoms with Gasteiger partial charge in [0.1, 0.15) is 5.54 Å². The van der Waals surface area contributed by atoms with Crippen LogP contribution in [0, 0.1) is 5.41 Å². The van der Waals surface area contributed by atoms with Gasteiger partial charge in [-0.2, -0.15) is 5.21 Å². The van der Waals surface area contributed by atoms with Gasteiger partial charge >= 0.3 is 5.91 Å². The Bertz CT molecular complexity index is 1460. The van der Waals surface area contributed by atoms with E-state index in [1.54, 1.807) is 6.21 Å². The van der Waals surface area contributed by atoms with Crippen molar-refractivity contribution in [3.8, 4) is 22.5 Å². The largest absolute Gasteiger partial charge is 0.377 e. The molecule has 38 heavy (non-hydrogen) atoms. The lowest BCUT2D eigenvalue weighted by Crippen LogP contribution is -2.60. The second kappa shape index (κ2) is 8.89. The first-order valence-electron chi connectivity index (χ1n) is 13.1. The number of aromatic nitrogens is 4. The average Bonchev–Trinajstić information content (AvgIpc) is 3.58. The van der Waals surface area contributed by atoms with Gasteiger partial charge in [-0.05, 0) is 93.1 Å². The van der Waals surface area contributed by atoms with Crippen LogP contribution < -0.4 is 5.32 Å². The number of allylic oxidation sites excluding steroid dienone is 2. The molecule has 1 saturated heterocycles. The molecule has 1 unspecified atom stereocenters. The second-order valence-corrected chi connectivity index (χ2v) is 11.7. The SMILES string of the molecule is CC(C)(C)[N+]1(C(=O)c2ccc(-c3cccc(-c4nn[nH]n4)c3)cc2)N=CC2=C1C(=O)CC1(CCNCC1)C2. The standard InChI is InChI=1S/C29H32N7O2/c1-28(2,3)36(25-23(18-31-36)16-29(17-24(25)37)11-13-30-14-12-29)27(38)20-9-7-19(8-10-20)21-5-4-6-22(15-21)26-32-34-35-33-26/h4-10,15,18,30H,11-14,16-17H2,1-3H3,(H,32,33,34,35)/q+1. The van der Waals surface area contributed by atoms with Gasteiger partial charge in [0.05, 0.1) is 11.8 Å². The third-order valence-electron chi connectivity index (χ3n) is 8.24. The van der Waals surface area contributed by atoms with Crippen LogP contribution in [-0.4, -0.2) is 61.7 Å². The van der Waals surface area contributed by atoms with Crippen LogP contribution in [0.2, 0.25) is 0 Å². The van der Waals surface area contributed by atoms with Crippen molar-refractivity contribution in [3.63, 3.8) is 0 Å². The molecule has 1 aromatic heterocycles. The van der Waals surface area contributed by atoms with Crippen LogP contribution in [0.3, 0.4) is 0 Å². The molecule has 3 aromatic rings. The summed E-state index contributed by atoms with van der Waals surface area (Å²) in [4.78, 5) is 28.0. The number of rotatable bonds is 3. The minimum absolute atomic E-state index is 0.0220. The molecule has 1 aliphatic carbocycles. The fraction of sp³-hybridized carbons (Fsp3) is 0.379. The van der Waals surface area contributed by atoms with E-state index in [0.29, 0.717) is 23.5 Å². The first kappa shape index (κ1) is 24.5. The van der Waals surface area contributed by atoms with E-state index in [0.717, 1.165) is 54.6 Å². The quantitative estimate of drug-likeness (QED) is 0.509. The summed E-state index contributed by atoms with van der Waals surface area (Å²) in [5.74, 6) is 0.402. The molecule has 1 atom stereocenters. The van der Waals surface area contributed by atoms with Gasteiger partial charge in [-0.3, -0.25) is 4.79 Å². The molecular weight excluding hydrogens is 478 g/mol. The fourth-order valence-corrected chi connectivity index (χ4v) is 6.25. The normalized spacial score (nSPS) is 22.7. The molecule has 3 aliphatic rings. The zero-order valence-corrected chi connectivity index (χ0v) is 22.0. The predicted molar refractivity (Wildman–Crippen MR) is 144 cm³/mol. The molecule has 9 nitrogen and oxygen atoms in total. The van der Waals surface area contributed by atoms with Gasteiger partial charge in [-0.25, -0.2) is 4.79 Å². The van der Waals surface area contributed by atoms with Crippen LogP contribution in [0.15, 0.2) is 64.9 Å². The van der Waals surface area contributed by atoms with E-state index in [-0.39, 0.29) is 21.7 Å². The fourth-order valence-electron chi connectivity index (χ4n) is 6.25. The number of nitrogens with one attached hydrogen (secondary N) is 2. The van der Waals surface area contributed by atoms with Crippen molar-refractivity contribution in [2.45, 2.75) is 52.0 Å². The number of aromatic amines is 1. The van der Waals surface area contributed by atoms with E-state index in [1.165, 1.54) is 0 Å². The highest BCUT2D eigenvalue weighted by atomic mass is 16.2. The van der Waals surface area contributed by atoms with Crippen molar-refractivity contribution in [2.75, 3.05) is 13.1 Å². The maximum absolute atomic E-state index is 14.3. The van der Waals surface area contributed by atoms with Crippen LogP contribution >= 0.6 is 0 Å². The number of ketones is 1. The number of tetrazole rings is 1. The molecule has 1 spiro atoms. The Morgan fingerprint density at radius 1 is 0.974 bits per heavy atom. The summed E-state index contributed by atoms with van der Waals surface area (Å²) >= 11 is 0. The topological polar surface area (TPSA) is 113 Å². The van der Waals surface area contributed by atoms with Crippen molar-refractivity contribution >= 4 is 17.9 Å². The van der Waals surface area contributed by atoms with Crippen molar-refractivity contribution in [1.82, 2.24) is 25.9 Å². The molecule has 3 heterocycles. The summed E-state index contributed by atoms with van der Waals surface area (Å²) in [6.07, 6.45) is 5.04. The van der Waals surface area contributed by atoms with Gasteiger partial charge in [0.25, 0.3) is 0 Å². The Morgan fingerprint density at radius 3 is 2.39 bits per heavy atom. The summed E-state index contributed by atoms with van der Waals surface area (Å²) in [7, 11) is 0. The smallest absolute Gasteiger partial charge is 0.317 e. The average molecular weight is 511 g/mol. The summed E-state index contributed by atoms with van der Waals surface area (Å²) in [5, 5.41) is 22.5. The summed E-state index contributed by atoms with van der Waals surface area (Å²) in [6, 6.07) is 15.4. The Balaban J connectivity index is 1.34. The number of nitrogens with zero attached hydrogens (tertiary/aromatic N) is 5. The molecule has 0 bridgehead atoms. The van der Waals surface area contributed by atoms with Gasteiger partial charge in [0.2, 0.25) is 17.3 Å². The van der Waals surface area contributed by atoms with Gasteiger partial charge in [0.15, 0.2) is 0 Å². The molecule has 0 saturated carbocycles.